The van der Waals surface area contributed by atoms with Gasteiger partial charge in [-0.2, -0.15) is 0 Å². The third-order valence-electron chi connectivity index (χ3n) is 7.76. The summed E-state index contributed by atoms with van der Waals surface area (Å²) in [5.41, 5.74) is 2.83. The van der Waals surface area contributed by atoms with E-state index in [4.69, 9.17) is 9.47 Å². The van der Waals surface area contributed by atoms with Crippen LogP contribution >= 0.6 is 0 Å². The molecule has 5 rings (SSSR count). The average molecular weight is 687 g/mol. The number of allylic oxidation sites excluding steroid dienone is 1. The Morgan fingerprint density at radius 3 is 1.90 bits per heavy atom. The van der Waals surface area contributed by atoms with Gasteiger partial charge in [-0.3, -0.25) is 24.0 Å². The van der Waals surface area contributed by atoms with Crippen molar-refractivity contribution in [1.82, 2.24) is 10.6 Å². The van der Waals surface area contributed by atoms with E-state index in [2.05, 4.69) is 21.3 Å². The van der Waals surface area contributed by atoms with Crippen LogP contribution in [0.4, 0.5) is 11.4 Å². The lowest BCUT2D eigenvalue weighted by molar-refractivity contribution is -0.122. The molecule has 0 radical (unpaired) electrons. The molecule has 0 aromatic heterocycles. The number of Topliss-reactive ketones (excluding diaryl/α,β-unsaturated/α-hetero) is 2. The van der Waals surface area contributed by atoms with Crippen LogP contribution in [0.3, 0.4) is 0 Å². The maximum absolute atomic E-state index is 14.2. The van der Waals surface area contributed by atoms with Crippen LogP contribution < -0.4 is 30.7 Å². The molecule has 0 saturated carbocycles. The zero-order valence-corrected chi connectivity index (χ0v) is 28.7. The number of benzene rings is 4. The first-order valence-corrected chi connectivity index (χ1v) is 16.4. The number of hydrogen-bond acceptors (Lipinski definition) is 8. The summed E-state index contributed by atoms with van der Waals surface area (Å²) >= 11 is 0. The Bertz CT molecular complexity index is 2050. The van der Waals surface area contributed by atoms with Gasteiger partial charge in [0.05, 0.1) is 24.6 Å². The highest BCUT2D eigenvalue weighted by Crippen LogP contribution is 2.35. The van der Waals surface area contributed by atoms with Gasteiger partial charge < -0.3 is 30.7 Å². The Kier molecular flexibility index (Phi) is 11.4. The molecule has 0 bridgehead atoms. The minimum Gasteiger partial charge on any atom is -0.493 e. The third kappa shape index (κ3) is 8.57. The standard InChI is InChI=1S/C40H38N4O7/c1-5-50-33-23-29(18-19-30(33)27-13-9-7-10-14-27)43-37-36(42-25(4)46)38(47)31(35(39(37)48)41-24(3)45)21-26-17-20-32(34(22-26)51-6-2)44-40(49)28-15-11-8-12-16-28/h7-20,22-23,43H,5-6,21H2,1-4H3,(H,41,45)(H,42,46)(H,44,49). The van der Waals surface area contributed by atoms with Gasteiger partial charge >= 0.3 is 0 Å². The van der Waals surface area contributed by atoms with Gasteiger partial charge in [-0.15, -0.1) is 0 Å². The topological polar surface area (TPSA) is 152 Å². The van der Waals surface area contributed by atoms with Crippen molar-refractivity contribution in [2.24, 2.45) is 0 Å². The smallest absolute Gasteiger partial charge is 0.255 e. The third-order valence-corrected chi connectivity index (χ3v) is 7.76. The van der Waals surface area contributed by atoms with Crippen molar-refractivity contribution in [2.75, 3.05) is 23.8 Å². The molecule has 0 aliphatic heterocycles. The molecule has 0 spiro atoms. The fraction of sp³-hybridized carbons (Fsp3) is 0.175. The van der Waals surface area contributed by atoms with Crippen LogP contribution in [0.15, 0.2) is 120 Å². The van der Waals surface area contributed by atoms with Crippen molar-refractivity contribution in [3.63, 3.8) is 0 Å². The molecule has 3 amide bonds. The van der Waals surface area contributed by atoms with Crippen molar-refractivity contribution < 1.29 is 33.4 Å². The summed E-state index contributed by atoms with van der Waals surface area (Å²) in [4.78, 5) is 66.0. The highest BCUT2D eigenvalue weighted by molar-refractivity contribution is 6.27. The lowest BCUT2D eigenvalue weighted by Gasteiger charge is -2.25. The predicted octanol–water partition coefficient (Wildman–Crippen LogP) is 5.95. The summed E-state index contributed by atoms with van der Waals surface area (Å²) < 4.78 is 11.7. The number of hydrogen-bond donors (Lipinski definition) is 4. The number of amides is 3. The zero-order chi connectivity index (χ0) is 36.5. The Labute approximate surface area is 295 Å². The van der Waals surface area contributed by atoms with Gasteiger partial charge in [-0.05, 0) is 61.4 Å². The fourth-order valence-electron chi connectivity index (χ4n) is 5.56. The number of rotatable bonds is 13. The summed E-state index contributed by atoms with van der Waals surface area (Å²) in [5.74, 6) is -1.95. The van der Waals surface area contributed by atoms with E-state index >= 15 is 0 Å². The predicted molar refractivity (Wildman–Crippen MR) is 194 cm³/mol. The van der Waals surface area contributed by atoms with Gasteiger partial charge in [-0.25, -0.2) is 0 Å². The normalized spacial score (nSPS) is 12.7. The maximum Gasteiger partial charge on any atom is 0.255 e. The maximum atomic E-state index is 14.2. The number of ether oxygens (including phenoxy) is 2. The molecule has 1 aliphatic carbocycles. The minimum absolute atomic E-state index is 0.0394. The summed E-state index contributed by atoms with van der Waals surface area (Å²) in [5, 5.41) is 10.9. The number of carbonyl (C=O) groups excluding carboxylic acids is 5. The van der Waals surface area contributed by atoms with E-state index in [1.165, 1.54) is 13.8 Å². The molecule has 0 atom stereocenters. The summed E-state index contributed by atoms with van der Waals surface area (Å²) in [6.45, 7) is 6.78. The Balaban J connectivity index is 1.51. The van der Waals surface area contributed by atoms with Crippen LogP contribution in [0.2, 0.25) is 0 Å². The molecule has 0 fully saturated rings. The van der Waals surface area contributed by atoms with Crippen molar-refractivity contribution in [1.29, 1.82) is 0 Å². The molecule has 4 aromatic rings. The zero-order valence-electron chi connectivity index (χ0n) is 28.7. The van der Waals surface area contributed by atoms with E-state index in [9.17, 15) is 24.0 Å². The number of ketones is 2. The van der Waals surface area contributed by atoms with Gasteiger partial charge in [0.2, 0.25) is 23.4 Å². The highest BCUT2D eigenvalue weighted by Gasteiger charge is 2.36. The van der Waals surface area contributed by atoms with Crippen molar-refractivity contribution in [3.05, 3.63) is 131 Å². The van der Waals surface area contributed by atoms with Crippen molar-refractivity contribution in [2.45, 2.75) is 34.1 Å². The van der Waals surface area contributed by atoms with Crippen molar-refractivity contribution >= 4 is 40.7 Å². The minimum atomic E-state index is -0.703. The number of nitrogens with one attached hydrogen (secondary N) is 4. The van der Waals surface area contributed by atoms with Crippen LogP contribution in [0.1, 0.15) is 43.6 Å². The van der Waals surface area contributed by atoms with Gasteiger partial charge in [-0.1, -0.05) is 54.6 Å². The molecule has 4 aromatic carbocycles. The van der Waals surface area contributed by atoms with Crippen LogP contribution in [-0.2, 0) is 25.6 Å². The molecule has 260 valence electrons. The molecule has 11 nitrogen and oxygen atoms in total. The fourth-order valence-corrected chi connectivity index (χ4v) is 5.56. The summed E-state index contributed by atoms with van der Waals surface area (Å²) in [6.07, 6.45) is -0.107. The van der Waals surface area contributed by atoms with Crippen LogP contribution in [0, 0.1) is 0 Å². The first-order chi connectivity index (χ1) is 24.6. The lowest BCUT2D eigenvalue weighted by Crippen LogP contribution is -2.41. The molecule has 1 aliphatic rings. The number of carbonyl (C=O) groups is 5. The summed E-state index contributed by atoms with van der Waals surface area (Å²) in [7, 11) is 0. The van der Waals surface area contributed by atoms with Crippen LogP contribution in [0.5, 0.6) is 11.5 Å². The molecule has 11 heteroatoms. The van der Waals surface area contributed by atoms with E-state index in [1.54, 1.807) is 61.5 Å². The second-order valence-corrected chi connectivity index (χ2v) is 11.5. The molecule has 0 saturated heterocycles. The van der Waals surface area contributed by atoms with Gasteiger partial charge in [0, 0.05) is 48.7 Å². The first kappa shape index (κ1) is 35.8. The van der Waals surface area contributed by atoms with Crippen LogP contribution in [-0.4, -0.2) is 42.5 Å². The van der Waals surface area contributed by atoms with E-state index in [-0.39, 0.29) is 41.6 Å². The van der Waals surface area contributed by atoms with E-state index in [1.807, 2.05) is 49.4 Å². The molecule has 0 heterocycles. The SMILES string of the molecule is CCOc1cc(CC2=C(NC(C)=O)C(=O)C(Nc3ccc(-c4ccccc4)c(OCC)c3)=C(NC(C)=O)C2=O)ccc1NC(=O)c1ccccc1. The average Bonchev–Trinajstić information content (AvgIpc) is 3.12. The van der Waals surface area contributed by atoms with Gasteiger partial charge in [0.15, 0.2) is 0 Å². The van der Waals surface area contributed by atoms with E-state index in [0.717, 1.165) is 11.1 Å². The second kappa shape index (κ2) is 16.3. The highest BCUT2D eigenvalue weighted by atomic mass is 16.5. The summed E-state index contributed by atoms with van der Waals surface area (Å²) in [6, 6.07) is 28.6. The first-order valence-electron chi connectivity index (χ1n) is 16.4. The molecular weight excluding hydrogens is 648 g/mol. The van der Waals surface area contributed by atoms with Crippen molar-refractivity contribution in [3.8, 4) is 22.6 Å². The molecule has 0 unspecified atom stereocenters. The Hall–Kier alpha value is -6.49. The van der Waals surface area contributed by atoms with E-state index in [0.29, 0.717) is 40.6 Å². The monoisotopic (exact) mass is 686 g/mol. The molecule has 51 heavy (non-hydrogen) atoms. The quantitative estimate of drug-likeness (QED) is 0.126. The van der Waals surface area contributed by atoms with Crippen LogP contribution in [0.25, 0.3) is 11.1 Å². The second-order valence-electron chi connectivity index (χ2n) is 11.5. The number of anilines is 2. The van der Waals surface area contributed by atoms with E-state index < -0.39 is 23.4 Å². The Morgan fingerprint density at radius 2 is 1.25 bits per heavy atom. The molecular formula is C40H38N4O7. The largest absolute Gasteiger partial charge is 0.493 e. The molecule has 4 N–H and O–H groups in total. The van der Waals surface area contributed by atoms with Gasteiger partial charge in [0.1, 0.15) is 22.9 Å². The lowest BCUT2D eigenvalue weighted by atomic mass is 9.89. The van der Waals surface area contributed by atoms with Gasteiger partial charge in [0.25, 0.3) is 5.91 Å². The Morgan fingerprint density at radius 1 is 0.627 bits per heavy atom.